The number of fused-ring (bicyclic) bond motifs is 1. The van der Waals surface area contributed by atoms with Crippen molar-refractivity contribution < 1.29 is 0 Å². The molecule has 1 heteroatoms. The quantitative estimate of drug-likeness (QED) is 0.449. The van der Waals surface area contributed by atoms with Gasteiger partial charge in [0.2, 0.25) is 0 Å². The highest BCUT2D eigenvalue weighted by Gasteiger charge is 2.25. The SMILES string of the molecule is C1=CC[C@H]2CC[N]C[C@H]2C1. The minimum absolute atomic E-state index is 0.902. The molecule has 1 radical (unpaired) electrons. The molecule has 10 heavy (non-hydrogen) atoms. The maximum absolute atomic E-state index is 4.43. The summed E-state index contributed by atoms with van der Waals surface area (Å²) in [5.41, 5.74) is 0. The third kappa shape index (κ3) is 1.10. The van der Waals surface area contributed by atoms with E-state index < -0.39 is 0 Å². The Morgan fingerprint density at radius 2 is 1.90 bits per heavy atom. The first kappa shape index (κ1) is 6.41. The maximum Gasteiger partial charge on any atom is 0.0167 e. The first-order valence-corrected chi connectivity index (χ1v) is 4.25. The molecule has 1 saturated heterocycles. The highest BCUT2D eigenvalue weighted by atomic mass is 14.9. The lowest BCUT2D eigenvalue weighted by molar-refractivity contribution is 0.245. The van der Waals surface area contributed by atoms with Crippen LogP contribution in [-0.2, 0) is 0 Å². The van der Waals surface area contributed by atoms with Crippen molar-refractivity contribution in [1.29, 1.82) is 0 Å². The van der Waals surface area contributed by atoms with Gasteiger partial charge in [-0.1, -0.05) is 12.2 Å². The Kier molecular flexibility index (Phi) is 1.76. The third-order valence-electron chi connectivity index (χ3n) is 2.73. The molecule has 2 rings (SSSR count). The van der Waals surface area contributed by atoms with Crippen LogP contribution in [0.4, 0.5) is 0 Å². The zero-order chi connectivity index (χ0) is 6.81. The molecule has 0 N–H and O–H groups in total. The summed E-state index contributed by atoms with van der Waals surface area (Å²) >= 11 is 0. The molecule has 0 unspecified atom stereocenters. The van der Waals surface area contributed by atoms with E-state index in [9.17, 15) is 0 Å². The van der Waals surface area contributed by atoms with Crippen molar-refractivity contribution in [2.45, 2.75) is 19.3 Å². The van der Waals surface area contributed by atoms with E-state index in [1.54, 1.807) is 0 Å². The topological polar surface area (TPSA) is 14.1 Å². The second kappa shape index (κ2) is 2.75. The normalized spacial score (nSPS) is 39.2. The number of piperidine rings is 1. The summed E-state index contributed by atoms with van der Waals surface area (Å²) in [6.07, 6.45) is 8.61. The van der Waals surface area contributed by atoms with Crippen LogP contribution in [0.25, 0.3) is 0 Å². The molecule has 0 aromatic carbocycles. The molecule has 2 aliphatic rings. The summed E-state index contributed by atoms with van der Waals surface area (Å²) in [7, 11) is 0. The third-order valence-corrected chi connectivity index (χ3v) is 2.73. The molecule has 0 saturated carbocycles. The standard InChI is InChI=1S/C9H14N/c1-2-4-9-7-10-6-5-8(9)3-1/h1-2,8-9H,3-7H2/t8-,9+/m0/s1. The number of allylic oxidation sites excluding steroid dienone is 2. The summed E-state index contributed by atoms with van der Waals surface area (Å²) in [6, 6.07) is 0. The van der Waals surface area contributed by atoms with Crippen LogP contribution in [0.15, 0.2) is 12.2 Å². The van der Waals surface area contributed by atoms with Gasteiger partial charge in [-0.2, -0.15) is 0 Å². The zero-order valence-electron chi connectivity index (χ0n) is 6.29. The number of rotatable bonds is 0. The largest absolute Gasteiger partial charge is 0.241 e. The summed E-state index contributed by atoms with van der Waals surface area (Å²) in [6.45, 7) is 2.25. The molecule has 0 bridgehead atoms. The van der Waals surface area contributed by atoms with Gasteiger partial charge in [-0.3, -0.25) is 0 Å². The summed E-state index contributed by atoms with van der Waals surface area (Å²) in [5.74, 6) is 1.88. The van der Waals surface area contributed by atoms with Crippen molar-refractivity contribution in [2.24, 2.45) is 11.8 Å². The fraction of sp³-hybridized carbons (Fsp3) is 0.778. The molecule has 1 fully saturated rings. The zero-order valence-corrected chi connectivity index (χ0v) is 6.29. The van der Waals surface area contributed by atoms with Crippen LogP contribution in [0.5, 0.6) is 0 Å². The smallest absolute Gasteiger partial charge is 0.0167 e. The van der Waals surface area contributed by atoms with Gasteiger partial charge in [0.25, 0.3) is 0 Å². The molecule has 0 aromatic rings. The summed E-state index contributed by atoms with van der Waals surface area (Å²) in [5, 5.41) is 4.43. The predicted octanol–water partition coefficient (Wildman–Crippen LogP) is 1.58. The van der Waals surface area contributed by atoms with Gasteiger partial charge >= 0.3 is 0 Å². The summed E-state index contributed by atoms with van der Waals surface area (Å²) < 4.78 is 0. The lowest BCUT2D eigenvalue weighted by Gasteiger charge is -2.32. The van der Waals surface area contributed by atoms with Gasteiger partial charge in [-0.05, 0) is 31.1 Å². The van der Waals surface area contributed by atoms with Crippen LogP contribution in [0.3, 0.4) is 0 Å². The molecule has 1 heterocycles. The second-order valence-corrected chi connectivity index (χ2v) is 3.38. The van der Waals surface area contributed by atoms with Crippen molar-refractivity contribution in [3.8, 4) is 0 Å². The van der Waals surface area contributed by atoms with E-state index in [2.05, 4.69) is 17.5 Å². The number of hydrogen-bond donors (Lipinski definition) is 0. The Hall–Kier alpha value is -0.300. The lowest BCUT2D eigenvalue weighted by Crippen LogP contribution is -2.33. The van der Waals surface area contributed by atoms with Crippen LogP contribution in [-0.4, -0.2) is 13.1 Å². The fourth-order valence-corrected chi connectivity index (χ4v) is 2.02. The molecule has 55 valence electrons. The lowest BCUT2D eigenvalue weighted by atomic mass is 9.79. The highest BCUT2D eigenvalue weighted by molar-refractivity contribution is 4.96. The van der Waals surface area contributed by atoms with E-state index in [1.807, 2.05) is 0 Å². The van der Waals surface area contributed by atoms with Crippen LogP contribution in [0, 0.1) is 11.8 Å². The number of nitrogens with zero attached hydrogens (tertiary/aromatic N) is 1. The molecule has 1 aliphatic carbocycles. The van der Waals surface area contributed by atoms with Gasteiger partial charge in [-0.25, -0.2) is 5.32 Å². The van der Waals surface area contributed by atoms with Gasteiger partial charge < -0.3 is 0 Å². The average Bonchev–Trinajstić information content (AvgIpc) is 2.05. The molecule has 0 spiro atoms. The monoisotopic (exact) mass is 136 g/mol. The Morgan fingerprint density at radius 3 is 2.70 bits per heavy atom. The van der Waals surface area contributed by atoms with E-state index in [-0.39, 0.29) is 0 Å². The summed E-state index contributed by atoms with van der Waals surface area (Å²) in [4.78, 5) is 0. The van der Waals surface area contributed by atoms with E-state index in [1.165, 1.54) is 19.3 Å². The minimum atomic E-state index is 0.902. The molecular formula is C9H14N. The van der Waals surface area contributed by atoms with Gasteiger partial charge in [0.05, 0.1) is 0 Å². The molecule has 2 atom stereocenters. The van der Waals surface area contributed by atoms with Gasteiger partial charge in [0.1, 0.15) is 0 Å². The Balaban J connectivity index is 2.01. The Morgan fingerprint density at radius 1 is 1.10 bits per heavy atom. The van der Waals surface area contributed by atoms with E-state index in [4.69, 9.17) is 0 Å². The molecular weight excluding hydrogens is 122 g/mol. The van der Waals surface area contributed by atoms with Crippen molar-refractivity contribution in [2.75, 3.05) is 13.1 Å². The van der Waals surface area contributed by atoms with Gasteiger partial charge in [0, 0.05) is 13.1 Å². The van der Waals surface area contributed by atoms with Crippen molar-refractivity contribution in [3.63, 3.8) is 0 Å². The minimum Gasteiger partial charge on any atom is -0.241 e. The average molecular weight is 136 g/mol. The Bertz CT molecular complexity index is 124. The van der Waals surface area contributed by atoms with Gasteiger partial charge in [-0.15, -0.1) is 0 Å². The van der Waals surface area contributed by atoms with Gasteiger partial charge in [0.15, 0.2) is 0 Å². The van der Waals surface area contributed by atoms with Crippen molar-refractivity contribution in [1.82, 2.24) is 5.32 Å². The first-order chi connectivity index (χ1) is 4.97. The van der Waals surface area contributed by atoms with E-state index >= 15 is 0 Å². The molecule has 1 aliphatic heterocycles. The van der Waals surface area contributed by atoms with Crippen LogP contribution >= 0.6 is 0 Å². The molecule has 0 amide bonds. The predicted molar refractivity (Wildman–Crippen MR) is 41.8 cm³/mol. The van der Waals surface area contributed by atoms with Crippen LogP contribution < -0.4 is 5.32 Å². The van der Waals surface area contributed by atoms with Crippen molar-refractivity contribution >= 4 is 0 Å². The first-order valence-electron chi connectivity index (χ1n) is 4.25. The maximum atomic E-state index is 4.43. The molecule has 1 nitrogen and oxygen atoms in total. The molecule has 0 aromatic heterocycles. The van der Waals surface area contributed by atoms with Crippen LogP contribution in [0.1, 0.15) is 19.3 Å². The van der Waals surface area contributed by atoms with E-state index in [0.29, 0.717) is 0 Å². The second-order valence-electron chi connectivity index (χ2n) is 3.38. The van der Waals surface area contributed by atoms with Crippen LogP contribution in [0.2, 0.25) is 0 Å². The fourth-order valence-electron chi connectivity index (χ4n) is 2.02. The van der Waals surface area contributed by atoms with Crippen molar-refractivity contribution in [3.05, 3.63) is 12.2 Å². The Labute approximate surface area is 62.5 Å². The highest BCUT2D eigenvalue weighted by Crippen LogP contribution is 2.29. The number of hydrogen-bond acceptors (Lipinski definition) is 0. The van der Waals surface area contributed by atoms with E-state index in [0.717, 1.165) is 24.9 Å².